The van der Waals surface area contributed by atoms with Gasteiger partial charge >= 0.3 is 7.12 Å². The van der Waals surface area contributed by atoms with Gasteiger partial charge in [-0.2, -0.15) is 0 Å². The van der Waals surface area contributed by atoms with E-state index in [2.05, 4.69) is 6.58 Å². The van der Waals surface area contributed by atoms with Crippen LogP contribution in [-0.4, -0.2) is 17.2 Å². The largest absolute Gasteiger partial charge is 0.488 e. The molecule has 0 aliphatic heterocycles. The maximum atomic E-state index is 8.62. The molecule has 0 fully saturated rings. The van der Waals surface area contributed by atoms with Crippen LogP contribution in [0.5, 0.6) is 0 Å². The molecule has 10 heavy (non-hydrogen) atoms. The second-order valence-corrected chi connectivity index (χ2v) is 1.77. The normalized spacial score (nSPS) is 12.1. The molecule has 0 rings (SSSR count). The van der Waals surface area contributed by atoms with E-state index in [1.807, 2.05) is 6.92 Å². The third-order valence-electron chi connectivity index (χ3n) is 1.01. The molecule has 2 N–H and O–H groups in total. The Labute approximate surface area is 61.3 Å². The molecule has 0 aromatic rings. The summed E-state index contributed by atoms with van der Waals surface area (Å²) in [4.78, 5) is 0. The highest BCUT2D eigenvalue weighted by Gasteiger charge is 2.08. The molecule has 0 aromatic heterocycles. The highest BCUT2D eigenvalue weighted by atomic mass is 16.4. The quantitative estimate of drug-likeness (QED) is 0.444. The average molecular weight is 138 g/mol. The minimum absolute atomic E-state index is 0.401. The van der Waals surface area contributed by atoms with Crippen molar-refractivity contribution in [3.8, 4) is 0 Å². The molecule has 0 aliphatic rings. The van der Waals surface area contributed by atoms with E-state index in [-0.39, 0.29) is 0 Å². The van der Waals surface area contributed by atoms with Gasteiger partial charge in [-0.05, 0) is 12.4 Å². The van der Waals surface area contributed by atoms with Crippen LogP contribution in [0.25, 0.3) is 0 Å². The lowest BCUT2D eigenvalue weighted by Gasteiger charge is -1.94. The average Bonchev–Trinajstić information content (AvgIpc) is 1.89. The first-order chi connectivity index (χ1) is 4.72. The Morgan fingerprint density at radius 2 is 2.10 bits per heavy atom. The van der Waals surface area contributed by atoms with Crippen molar-refractivity contribution in [1.82, 2.24) is 0 Å². The highest BCUT2D eigenvalue weighted by molar-refractivity contribution is 6.51. The van der Waals surface area contributed by atoms with Gasteiger partial charge in [0.25, 0.3) is 0 Å². The first kappa shape index (κ1) is 9.20. The van der Waals surface area contributed by atoms with Gasteiger partial charge in [-0.15, -0.1) is 0 Å². The zero-order chi connectivity index (χ0) is 7.98. The minimum atomic E-state index is -1.42. The van der Waals surface area contributed by atoms with Crippen LogP contribution >= 0.6 is 0 Å². The Morgan fingerprint density at radius 3 is 2.40 bits per heavy atom. The van der Waals surface area contributed by atoms with Crippen molar-refractivity contribution in [3.05, 3.63) is 36.4 Å². The monoisotopic (exact) mass is 138 g/mol. The summed E-state index contributed by atoms with van der Waals surface area (Å²) >= 11 is 0. The fraction of sp³-hybridized carbons (Fsp3) is 0.143. The molecule has 0 unspecified atom stereocenters. The van der Waals surface area contributed by atoms with E-state index < -0.39 is 7.12 Å². The molecule has 54 valence electrons. The molecule has 0 aromatic carbocycles. The van der Waals surface area contributed by atoms with Gasteiger partial charge < -0.3 is 10.0 Å². The van der Waals surface area contributed by atoms with Crippen molar-refractivity contribution < 1.29 is 10.0 Å². The van der Waals surface area contributed by atoms with Crippen molar-refractivity contribution in [3.63, 3.8) is 0 Å². The van der Waals surface area contributed by atoms with Gasteiger partial charge in [0.2, 0.25) is 0 Å². The van der Waals surface area contributed by atoms with E-state index >= 15 is 0 Å². The van der Waals surface area contributed by atoms with Crippen LogP contribution < -0.4 is 0 Å². The lowest BCUT2D eigenvalue weighted by atomic mass is 9.79. The van der Waals surface area contributed by atoms with Crippen LogP contribution in [0, 0.1) is 0 Å². The van der Waals surface area contributed by atoms with Crippen molar-refractivity contribution in [2.75, 3.05) is 0 Å². The second kappa shape index (κ2) is 5.03. The molecule has 0 atom stereocenters. The molecule has 3 heteroatoms. The van der Waals surface area contributed by atoms with Crippen LogP contribution in [0.1, 0.15) is 6.92 Å². The zero-order valence-electron chi connectivity index (χ0n) is 5.99. The van der Waals surface area contributed by atoms with E-state index in [9.17, 15) is 0 Å². The van der Waals surface area contributed by atoms with Crippen molar-refractivity contribution in [2.45, 2.75) is 6.92 Å². The summed E-state index contributed by atoms with van der Waals surface area (Å²) in [5.74, 6) is 0. The molecule has 0 heterocycles. The first-order valence-electron chi connectivity index (χ1n) is 3.03. The number of rotatable bonds is 3. The van der Waals surface area contributed by atoms with Crippen LogP contribution in [0.2, 0.25) is 0 Å². The van der Waals surface area contributed by atoms with E-state index in [4.69, 9.17) is 10.0 Å². The highest BCUT2D eigenvalue weighted by Crippen LogP contribution is 1.96. The zero-order valence-corrected chi connectivity index (χ0v) is 5.99. The molecular formula is C7H11BO2. The van der Waals surface area contributed by atoms with Crippen molar-refractivity contribution >= 4 is 7.12 Å². The predicted octanol–water partition coefficient (Wildman–Crippen LogP) is 0.687. The van der Waals surface area contributed by atoms with Gasteiger partial charge in [0, 0.05) is 0 Å². The van der Waals surface area contributed by atoms with Crippen LogP contribution in [0.15, 0.2) is 36.4 Å². The Hall–Kier alpha value is -0.795. The lowest BCUT2D eigenvalue weighted by Crippen LogP contribution is -2.13. The Balaban J connectivity index is 4.18. The summed E-state index contributed by atoms with van der Waals surface area (Å²) in [6.07, 6.45) is 6.52. The van der Waals surface area contributed by atoms with Gasteiger partial charge in [0.1, 0.15) is 0 Å². The van der Waals surface area contributed by atoms with Gasteiger partial charge in [-0.25, -0.2) is 0 Å². The van der Waals surface area contributed by atoms with E-state index in [0.717, 1.165) is 0 Å². The van der Waals surface area contributed by atoms with Crippen LogP contribution in [0.3, 0.4) is 0 Å². The fourth-order valence-electron chi connectivity index (χ4n) is 0.467. The Kier molecular flexibility index (Phi) is 4.63. The Bertz CT molecular complexity index is 159. The summed E-state index contributed by atoms with van der Waals surface area (Å²) in [5.41, 5.74) is 0.401. The fourth-order valence-corrected chi connectivity index (χ4v) is 0.467. The minimum Gasteiger partial charge on any atom is -0.423 e. The van der Waals surface area contributed by atoms with Gasteiger partial charge in [-0.3, -0.25) is 0 Å². The summed E-state index contributed by atoms with van der Waals surface area (Å²) < 4.78 is 0. The molecule has 2 nitrogen and oxygen atoms in total. The van der Waals surface area contributed by atoms with Gasteiger partial charge in [0.15, 0.2) is 0 Å². The molecule has 0 saturated heterocycles. The predicted molar refractivity (Wildman–Crippen MR) is 43.3 cm³/mol. The van der Waals surface area contributed by atoms with Gasteiger partial charge in [-0.1, -0.05) is 30.9 Å². The molecule has 0 radical (unpaired) electrons. The van der Waals surface area contributed by atoms with Crippen LogP contribution in [-0.2, 0) is 0 Å². The summed E-state index contributed by atoms with van der Waals surface area (Å²) in [6.45, 7) is 5.26. The number of hydrogen-bond acceptors (Lipinski definition) is 2. The maximum absolute atomic E-state index is 8.62. The maximum Gasteiger partial charge on any atom is 0.488 e. The third kappa shape index (κ3) is 3.27. The van der Waals surface area contributed by atoms with E-state index in [1.54, 1.807) is 18.2 Å². The van der Waals surface area contributed by atoms with E-state index in [1.165, 1.54) is 6.08 Å². The summed E-state index contributed by atoms with van der Waals surface area (Å²) in [5, 5.41) is 17.2. The second-order valence-electron chi connectivity index (χ2n) is 1.77. The lowest BCUT2D eigenvalue weighted by molar-refractivity contribution is 0.420. The van der Waals surface area contributed by atoms with Gasteiger partial charge in [0.05, 0.1) is 0 Å². The SMILES string of the molecule is C=C/C(=C\C=C/C)B(O)O. The summed E-state index contributed by atoms with van der Waals surface area (Å²) in [6, 6.07) is 0. The van der Waals surface area contributed by atoms with E-state index in [0.29, 0.717) is 5.47 Å². The molecule has 0 spiro atoms. The first-order valence-corrected chi connectivity index (χ1v) is 3.03. The van der Waals surface area contributed by atoms with Crippen molar-refractivity contribution in [1.29, 1.82) is 0 Å². The molecule has 0 bridgehead atoms. The van der Waals surface area contributed by atoms with Crippen LogP contribution in [0.4, 0.5) is 0 Å². The smallest absolute Gasteiger partial charge is 0.423 e. The Morgan fingerprint density at radius 1 is 1.50 bits per heavy atom. The third-order valence-corrected chi connectivity index (χ3v) is 1.01. The van der Waals surface area contributed by atoms with Crippen molar-refractivity contribution in [2.24, 2.45) is 0 Å². The standard InChI is InChI=1S/C7H11BO2/c1-3-5-6-7(4-2)8(9)10/h3-6,9-10H,2H2,1H3/b5-3-,7-6+. The number of allylic oxidation sites excluding steroid dienone is 5. The molecule has 0 aliphatic carbocycles. The summed E-state index contributed by atoms with van der Waals surface area (Å²) in [7, 11) is -1.42. The number of hydrogen-bond donors (Lipinski definition) is 2. The molecule has 0 amide bonds. The topological polar surface area (TPSA) is 40.5 Å². The molecular weight excluding hydrogens is 127 g/mol. The molecule has 0 saturated carbocycles.